The molecule has 0 aliphatic rings. The number of aliphatic hydroxyl groups is 1. The van der Waals surface area contributed by atoms with Gasteiger partial charge in [0.2, 0.25) is 11.7 Å². The zero-order valence-electron chi connectivity index (χ0n) is 20.6. The van der Waals surface area contributed by atoms with E-state index in [4.69, 9.17) is 20.4 Å². The van der Waals surface area contributed by atoms with Crippen LogP contribution in [0.1, 0.15) is 62.6 Å². The van der Waals surface area contributed by atoms with Crippen LogP contribution in [0.15, 0.2) is 40.9 Å². The van der Waals surface area contributed by atoms with Crippen molar-refractivity contribution in [1.82, 2.24) is 20.1 Å². The van der Waals surface area contributed by atoms with Crippen molar-refractivity contribution >= 4 is 11.8 Å². The smallest absolute Gasteiger partial charge is 0.286 e. The lowest BCUT2D eigenvalue weighted by atomic mass is 9.90. The molecular weight excluding hydrogens is 422 g/mol. The van der Waals surface area contributed by atoms with Crippen LogP contribution in [0, 0.1) is 5.92 Å². The van der Waals surface area contributed by atoms with Gasteiger partial charge in [-0.3, -0.25) is 14.3 Å². The first-order chi connectivity index (χ1) is 15.6. The van der Waals surface area contributed by atoms with E-state index < -0.39 is 5.91 Å². The molecule has 4 N–H and O–H groups in total. The maximum atomic E-state index is 12.5. The Morgan fingerprint density at radius 1 is 1.15 bits per heavy atom. The zero-order valence-corrected chi connectivity index (χ0v) is 20.6. The molecule has 180 valence electrons. The van der Waals surface area contributed by atoms with E-state index in [9.17, 15) is 9.59 Å². The summed E-state index contributed by atoms with van der Waals surface area (Å²) in [5.74, 6) is -0.342. The fourth-order valence-electron chi connectivity index (χ4n) is 2.83. The molecule has 0 aliphatic carbocycles. The second-order valence-electron chi connectivity index (χ2n) is 7.69. The maximum absolute atomic E-state index is 12.5. The predicted octanol–water partition coefficient (Wildman–Crippen LogP) is 3.69. The number of nitrogens with zero attached hydrogens (tertiary/aromatic N) is 3. The monoisotopic (exact) mass is 457 g/mol. The number of benzene rings is 1. The molecule has 0 unspecified atom stereocenters. The first-order valence-electron chi connectivity index (χ1n) is 10.8. The molecule has 33 heavy (non-hydrogen) atoms. The van der Waals surface area contributed by atoms with E-state index in [-0.39, 0.29) is 29.0 Å². The number of carbonyl (C=O) groups is 2. The average molecular weight is 458 g/mol. The number of primary amides is 1. The van der Waals surface area contributed by atoms with Crippen molar-refractivity contribution in [2.75, 3.05) is 14.2 Å². The molecule has 0 saturated heterocycles. The highest BCUT2D eigenvalue weighted by molar-refractivity contribution is 5.93. The molecule has 0 aliphatic heterocycles. The molecule has 2 aromatic heterocycles. The Morgan fingerprint density at radius 3 is 2.27 bits per heavy atom. The van der Waals surface area contributed by atoms with Crippen molar-refractivity contribution in [3.63, 3.8) is 0 Å². The first-order valence-corrected chi connectivity index (χ1v) is 10.8. The van der Waals surface area contributed by atoms with Crippen LogP contribution in [0.2, 0.25) is 0 Å². The molecular formula is C24H35N5O4. The van der Waals surface area contributed by atoms with Crippen LogP contribution in [0.4, 0.5) is 0 Å². The first kappa shape index (κ1) is 27.6. The Bertz CT molecular complexity index is 1070. The van der Waals surface area contributed by atoms with Crippen molar-refractivity contribution in [3.05, 3.63) is 48.0 Å². The van der Waals surface area contributed by atoms with Gasteiger partial charge in [-0.25, -0.2) is 4.98 Å². The Morgan fingerprint density at radius 2 is 1.76 bits per heavy atom. The minimum Gasteiger partial charge on any atom is -0.431 e. The van der Waals surface area contributed by atoms with E-state index in [0.29, 0.717) is 17.0 Å². The van der Waals surface area contributed by atoms with E-state index in [0.717, 1.165) is 12.7 Å². The third kappa shape index (κ3) is 6.07. The van der Waals surface area contributed by atoms with Crippen LogP contribution in [0.3, 0.4) is 0 Å². The van der Waals surface area contributed by atoms with Gasteiger partial charge in [-0.2, -0.15) is 5.10 Å². The molecule has 0 fully saturated rings. The topological polar surface area (TPSA) is 136 Å². The highest BCUT2D eigenvalue weighted by Gasteiger charge is 2.30. The predicted molar refractivity (Wildman–Crippen MR) is 129 cm³/mol. The van der Waals surface area contributed by atoms with Gasteiger partial charge in [-0.15, -0.1) is 0 Å². The molecule has 2 heterocycles. The lowest BCUT2D eigenvalue weighted by Crippen LogP contribution is -2.37. The van der Waals surface area contributed by atoms with Crippen LogP contribution < -0.4 is 11.1 Å². The van der Waals surface area contributed by atoms with Crippen molar-refractivity contribution < 1.29 is 19.1 Å². The summed E-state index contributed by atoms with van der Waals surface area (Å²) in [6.07, 6.45) is 1.30. The Hall–Kier alpha value is -3.46. The normalized spacial score (nSPS) is 10.6. The largest absolute Gasteiger partial charge is 0.431 e. The quantitative estimate of drug-likeness (QED) is 0.516. The van der Waals surface area contributed by atoms with Crippen molar-refractivity contribution in [2.45, 2.75) is 47.1 Å². The Kier molecular flexibility index (Phi) is 9.99. The summed E-state index contributed by atoms with van der Waals surface area (Å²) in [7, 11) is 2.60. The molecule has 3 aromatic rings. The minimum atomic E-state index is -0.676. The molecule has 2 amide bonds. The number of aliphatic hydroxyl groups excluding tert-OH is 1. The van der Waals surface area contributed by atoms with Crippen LogP contribution >= 0.6 is 0 Å². The number of rotatable bonds is 6. The highest BCUT2D eigenvalue weighted by atomic mass is 16.4. The summed E-state index contributed by atoms with van der Waals surface area (Å²) in [5, 5.41) is 14.4. The maximum Gasteiger partial charge on any atom is 0.286 e. The number of aromatic nitrogens is 3. The van der Waals surface area contributed by atoms with Crippen LogP contribution in [0.5, 0.6) is 0 Å². The van der Waals surface area contributed by atoms with E-state index in [1.165, 1.54) is 6.20 Å². The van der Waals surface area contributed by atoms with E-state index in [1.807, 2.05) is 38.1 Å². The third-order valence-electron chi connectivity index (χ3n) is 5.28. The van der Waals surface area contributed by atoms with Gasteiger partial charge in [0.15, 0.2) is 0 Å². The van der Waals surface area contributed by atoms with Crippen LogP contribution in [-0.2, 0) is 5.54 Å². The molecule has 9 heteroatoms. The molecule has 1 aromatic carbocycles. The average Bonchev–Trinajstić information content (AvgIpc) is 3.50. The van der Waals surface area contributed by atoms with Crippen molar-refractivity contribution in [1.29, 1.82) is 0 Å². The van der Waals surface area contributed by atoms with Gasteiger partial charge in [-0.05, 0) is 38.0 Å². The molecule has 9 nitrogen and oxygen atoms in total. The fraction of sp³-hybridized carbons (Fsp3) is 0.417. The number of nitrogens with two attached hydrogens (primary N) is 1. The number of nitrogens with one attached hydrogen (secondary N) is 1. The number of amides is 2. The van der Waals surface area contributed by atoms with Gasteiger partial charge in [0.1, 0.15) is 5.69 Å². The Labute approximate surface area is 195 Å². The van der Waals surface area contributed by atoms with Gasteiger partial charge in [0.25, 0.3) is 11.8 Å². The van der Waals surface area contributed by atoms with Crippen molar-refractivity contribution in [2.24, 2.45) is 11.7 Å². The second kappa shape index (κ2) is 12.0. The van der Waals surface area contributed by atoms with Gasteiger partial charge >= 0.3 is 0 Å². The third-order valence-corrected chi connectivity index (χ3v) is 5.28. The number of hydrogen-bond donors (Lipinski definition) is 3. The lowest BCUT2D eigenvalue weighted by Gasteiger charge is -2.31. The summed E-state index contributed by atoms with van der Waals surface area (Å²) in [6.45, 7) is 12.3. The van der Waals surface area contributed by atoms with E-state index in [1.54, 1.807) is 17.8 Å². The SMILES string of the molecule is CC.CNC(=O)c1cc(-c2cccc(-c3ncc(C(N)=O)o3)c2)nn1C(C)(C)C(C)C.CO. The van der Waals surface area contributed by atoms with E-state index in [2.05, 4.69) is 38.0 Å². The molecule has 3 rings (SSSR count). The lowest BCUT2D eigenvalue weighted by molar-refractivity contribution is 0.0934. The summed E-state index contributed by atoms with van der Waals surface area (Å²) in [6, 6.07) is 9.16. The zero-order chi connectivity index (χ0) is 25.3. The summed E-state index contributed by atoms with van der Waals surface area (Å²) < 4.78 is 7.19. The minimum absolute atomic E-state index is 0.00438. The summed E-state index contributed by atoms with van der Waals surface area (Å²) >= 11 is 0. The van der Waals surface area contributed by atoms with Crippen molar-refractivity contribution in [3.8, 4) is 22.7 Å². The Balaban J connectivity index is 0.00000129. The summed E-state index contributed by atoms with van der Waals surface area (Å²) in [5.41, 5.74) is 7.47. The standard InChI is InChI=1S/C21H25N5O3.C2H6.CH4O/c1-12(2)21(3,4)26-16(19(28)23-5)10-15(25-26)13-7-6-8-14(9-13)20-24-11-17(29-20)18(22)27;2*1-2/h6-12H,1-5H3,(H2,22,27)(H,23,28);1-2H3;2H,1H3. The number of hydrogen-bond acceptors (Lipinski definition) is 6. The number of carbonyl (C=O) groups excluding carboxylic acids is 2. The van der Waals surface area contributed by atoms with Crippen LogP contribution in [0.25, 0.3) is 22.7 Å². The highest BCUT2D eigenvalue weighted by Crippen LogP contribution is 2.31. The molecule has 0 saturated carbocycles. The molecule has 0 radical (unpaired) electrons. The van der Waals surface area contributed by atoms with Gasteiger partial charge < -0.3 is 20.6 Å². The fourth-order valence-corrected chi connectivity index (χ4v) is 2.83. The van der Waals surface area contributed by atoms with Gasteiger partial charge in [0.05, 0.1) is 17.4 Å². The second-order valence-corrected chi connectivity index (χ2v) is 7.69. The molecule has 0 bridgehead atoms. The molecule has 0 spiro atoms. The van der Waals surface area contributed by atoms with Gasteiger partial charge in [-0.1, -0.05) is 39.8 Å². The molecule has 0 atom stereocenters. The van der Waals surface area contributed by atoms with Gasteiger partial charge in [0, 0.05) is 25.3 Å². The summed E-state index contributed by atoms with van der Waals surface area (Å²) in [4.78, 5) is 27.8. The van der Waals surface area contributed by atoms with E-state index >= 15 is 0 Å². The number of oxazole rings is 1. The van der Waals surface area contributed by atoms with Crippen LogP contribution in [-0.4, -0.2) is 45.8 Å².